The molecule has 1 unspecified atom stereocenters. The van der Waals surface area contributed by atoms with Crippen molar-refractivity contribution in [1.29, 1.82) is 0 Å². The maximum absolute atomic E-state index is 11.7. The number of carbonyl (C=O) groups excluding carboxylic acids is 2. The zero-order valence-electron chi connectivity index (χ0n) is 11.5. The highest BCUT2D eigenvalue weighted by molar-refractivity contribution is 5.84. The van der Waals surface area contributed by atoms with Crippen molar-refractivity contribution in [2.45, 2.75) is 13.8 Å². The van der Waals surface area contributed by atoms with E-state index in [1.54, 1.807) is 14.0 Å². The van der Waals surface area contributed by atoms with Crippen LogP contribution in [0.4, 0.5) is 4.79 Å². The summed E-state index contributed by atoms with van der Waals surface area (Å²) in [6.07, 6.45) is 0. The lowest BCUT2D eigenvalue weighted by atomic mass is 9.87. The maximum Gasteiger partial charge on any atom is 0.317 e. The molecule has 0 aromatic heterocycles. The number of carboxylic acid groups (broad SMARTS) is 1. The van der Waals surface area contributed by atoms with Crippen molar-refractivity contribution in [3.05, 3.63) is 0 Å². The Kier molecular flexibility index (Phi) is 5.14. The van der Waals surface area contributed by atoms with E-state index in [9.17, 15) is 14.4 Å². The van der Waals surface area contributed by atoms with Gasteiger partial charge in [-0.25, -0.2) is 4.79 Å². The predicted octanol–water partition coefficient (Wildman–Crippen LogP) is -0.173. The van der Waals surface area contributed by atoms with Gasteiger partial charge in [0.25, 0.3) is 0 Å². The molecule has 108 valence electrons. The topological polar surface area (TPSA) is 90.0 Å². The zero-order chi connectivity index (χ0) is 14.6. The Morgan fingerprint density at radius 1 is 1.42 bits per heavy atom. The van der Waals surface area contributed by atoms with Gasteiger partial charge in [-0.05, 0) is 6.92 Å². The fourth-order valence-corrected chi connectivity index (χ4v) is 1.77. The first-order chi connectivity index (χ1) is 8.86. The first kappa shape index (κ1) is 15.3. The van der Waals surface area contributed by atoms with Crippen LogP contribution in [0.1, 0.15) is 13.8 Å². The van der Waals surface area contributed by atoms with E-state index in [0.717, 1.165) is 0 Å². The van der Waals surface area contributed by atoms with Gasteiger partial charge >= 0.3 is 12.0 Å². The van der Waals surface area contributed by atoms with Gasteiger partial charge in [0, 0.05) is 32.6 Å². The van der Waals surface area contributed by atoms with Gasteiger partial charge in [0.05, 0.1) is 12.5 Å². The number of hydrogen-bond donors (Lipinski definition) is 2. The minimum Gasteiger partial charge on any atom is -0.481 e. The van der Waals surface area contributed by atoms with Gasteiger partial charge in [-0.3, -0.25) is 9.59 Å². The zero-order valence-corrected chi connectivity index (χ0v) is 11.5. The normalized spacial score (nSPS) is 16.5. The Bertz CT molecular complexity index is 366. The minimum atomic E-state index is -0.843. The number of amides is 3. The first-order valence-electron chi connectivity index (χ1n) is 6.36. The fourth-order valence-electron chi connectivity index (χ4n) is 1.77. The molecule has 1 rings (SSSR count). The number of likely N-dealkylation sites (tertiary alicyclic amines) is 1. The van der Waals surface area contributed by atoms with Crippen LogP contribution in [0, 0.1) is 11.8 Å². The van der Waals surface area contributed by atoms with Crippen molar-refractivity contribution in [2.75, 3.05) is 33.2 Å². The maximum atomic E-state index is 11.7. The van der Waals surface area contributed by atoms with Gasteiger partial charge < -0.3 is 20.2 Å². The molecule has 1 aliphatic heterocycles. The second kappa shape index (κ2) is 6.40. The van der Waals surface area contributed by atoms with Gasteiger partial charge in [-0.2, -0.15) is 0 Å². The summed E-state index contributed by atoms with van der Waals surface area (Å²) < 4.78 is 0. The molecule has 0 aliphatic carbocycles. The second-order valence-electron chi connectivity index (χ2n) is 4.86. The van der Waals surface area contributed by atoms with Crippen LogP contribution in [-0.2, 0) is 9.59 Å². The highest BCUT2D eigenvalue weighted by Crippen LogP contribution is 2.23. The SMILES string of the molecule is CCN(C)C(=O)CNC(=O)N1CC(C(C)C(=O)O)C1. The molecule has 1 heterocycles. The van der Waals surface area contributed by atoms with E-state index < -0.39 is 11.9 Å². The van der Waals surface area contributed by atoms with Crippen LogP contribution in [0.3, 0.4) is 0 Å². The summed E-state index contributed by atoms with van der Waals surface area (Å²) in [6, 6.07) is -0.313. The third kappa shape index (κ3) is 3.84. The molecule has 1 aliphatic rings. The van der Waals surface area contributed by atoms with Crippen LogP contribution >= 0.6 is 0 Å². The summed E-state index contributed by atoms with van der Waals surface area (Å²) >= 11 is 0. The van der Waals surface area contributed by atoms with E-state index in [2.05, 4.69) is 5.32 Å². The largest absolute Gasteiger partial charge is 0.481 e. The van der Waals surface area contributed by atoms with Crippen molar-refractivity contribution < 1.29 is 19.5 Å². The molecule has 1 atom stereocenters. The summed E-state index contributed by atoms with van der Waals surface area (Å²) in [5, 5.41) is 11.4. The lowest BCUT2D eigenvalue weighted by Gasteiger charge is -2.41. The summed E-state index contributed by atoms with van der Waals surface area (Å²) in [5.41, 5.74) is 0. The van der Waals surface area contributed by atoms with Gasteiger partial charge in [0.1, 0.15) is 0 Å². The number of rotatable bonds is 5. The Labute approximate surface area is 112 Å². The first-order valence-corrected chi connectivity index (χ1v) is 6.36. The molecule has 19 heavy (non-hydrogen) atoms. The van der Waals surface area contributed by atoms with Crippen molar-refractivity contribution in [3.8, 4) is 0 Å². The van der Waals surface area contributed by atoms with Crippen molar-refractivity contribution in [1.82, 2.24) is 15.1 Å². The fraction of sp³-hybridized carbons (Fsp3) is 0.750. The van der Waals surface area contributed by atoms with Crippen LogP contribution in [0.2, 0.25) is 0 Å². The quantitative estimate of drug-likeness (QED) is 0.726. The van der Waals surface area contributed by atoms with Crippen LogP contribution < -0.4 is 5.32 Å². The smallest absolute Gasteiger partial charge is 0.317 e. The number of aliphatic carboxylic acids is 1. The summed E-state index contributed by atoms with van der Waals surface area (Å²) in [7, 11) is 1.67. The summed E-state index contributed by atoms with van der Waals surface area (Å²) in [4.78, 5) is 37.0. The van der Waals surface area contributed by atoms with E-state index in [-0.39, 0.29) is 24.4 Å². The molecule has 0 spiro atoms. The van der Waals surface area contributed by atoms with Crippen molar-refractivity contribution in [2.24, 2.45) is 11.8 Å². The Hall–Kier alpha value is -1.79. The van der Waals surface area contributed by atoms with E-state index in [4.69, 9.17) is 5.11 Å². The summed E-state index contributed by atoms with van der Waals surface area (Å²) in [6.45, 7) is 4.92. The van der Waals surface area contributed by atoms with Crippen LogP contribution in [-0.4, -0.2) is 66.0 Å². The van der Waals surface area contributed by atoms with Crippen molar-refractivity contribution >= 4 is 17.9 Å². The number of likely N-dealkylation sites (N-methyl/N-ethyl adjacent to an activating group) is 1. The minimum absolute atomic E-state index is 0.00253. The number of carbonyl (C=O) groups is 3. The number of nitrogens with zero attached hydrogens (tertiary/aromatic N) is 2. The van der Waals surface area contributed by atoms with Gasteiger partial charge in [-0.1, -0.05) is 6.92 Å². The highest BCUT2D eigenvalue weighted by atomic mass is 16.4. The lowest BCUT2D eigenvalue weighted by molar-refractivity contribution is -0.144. The van der Waals surface area contributed by atoms with Gasteiger partial charge in [-0.15, -0.1) is 0 Å². The van der Waals surface area contributed by atoms with E-state index in [1.165, 1.54) is 9.80 Å². The molecule has 0 saturated carbocycles. The molecule has 0 aromatic rings. The molecular weight excluding hydrogens is 250 g/mol. The van der Waals surface area contributed by atoms with E-state index >= 15 is 0 Å². The molecule has 7 heteroatoms. The average Bonchev–Trinajstić information content (AvgIpc) is 2.32. The van der Waals surface area contributed by atoms with Crippen LogP contribution in [0.25, 0.3) is 0 Å². The third-order valence-electron chi connectivity index (χ3n) is 3.58. The van der Waals surface area contributed by atoms with Gasteiger partial charge in [0.15, 0.2) is 0 Å². The molecule has 0 bridgehead atoms. The number of nitrogens with one attached hydrogen (secondary N) is 1. The number of hydrogen-bond acceptors (Lipinski definition) is 3. The van der Waals surface area contributed by atoms with Crippen LogP contribution in [0.15, 0.2) is 0 Å². The predicted molar refractivity (Wildman–Crippen MR) is 68.6 cm³/mol. The Morgan fingerprint density at radius 2 is 2.00 bits per heavy atom. The third-order valence-corrected chi connectivity index (χ3v) is 3.58. The standard InChI is InChI=1S/C12H21N3O4/c1-4-14(3)10(16)5-13-12(19)15-6-9(7-15)8(2)11(17)18/h8-9H,4-7H2,1-3H3,(H,13,19)(H,17,18). The number of urea groups is 1. The Balaban J connectivity index is 2.27. The molecule has 2 N–H and O–H groups in total. The molecular formula is C12H21N3O4. The average molecular weight is 271 g/mol. The Morgan fingerprint density at radius 3 is 2.47 bits per heavy atom. The summed E-state index contributed by atoms with van der Waals surface area (Å²) in [5.74, 6) is -1.44. The number of carboxylic acids is 1. The second-order valence-corrected chi connectivity index (χ2v) is 4.86. The van der Waals surface area contributed by atoms with Crippen LogP contribution in [0.5, 0.6) is 0 Å². The monoisotopic (exact) mass is 271 g/mol. The molecule has 1 fully saturated rings. The highest BCUT2D eigenvalue weighted by Gasteiger charge is 2.37. The van der Waals surface area contributed by atoms with Gasteiger partial charge in [0.2, 0.25) is 5.91 Å². The molecule has 0 radical (unpaired) electrons. The van der Waals surface area contributed by atoms with Crippen molar-refractivity contribution in [3.63, 3.8) is 0 Å². The molecule has 0 aromatic carbocycles. The van der Waals surface area contributed by atoms with E-state index in [1.807, 2.05) is 6.92 Å². The molecule has 1 saturated heterocycles. The lowest BCUT2D eigenvalue weighted by Crippen LogP contribution is -2.57. The molecule has 7 nitrogen and oxygen atoms in total. The molecule has 3 amide bonds. The van der Waals surface area contributed by atoms with E-state index in [0.29, 0.717) is 19.6 Å².